The van der Waals surface area contributed by atoms with E-state index in [1.807, 2.05) is 12.1 Å². The summed E-state index contributed by atoms with van der Waals surface area (Å²) in [4.78, 5) is 3.17. The van der Waals surface area contributed by atoms with E-state index in [4.69, 9.17) is 4.42 Å². The van der Waals surface area contributed by atoms with E-state index in [1.165, 1.54) is 16.0 Å². The molecule has 0 bridgehead atoms. The van der Waals surface area contributed by atoms with Gasteiger partial charge in [-0.3, -0.25) is 0 Å². The summed E-state index contributed by atoms with van der Waals surface area (Å²) < 4.78 is 6.02. The van der Waals surface area contributed by atoms with Gasteiger partial charge in [-0.25, -0.2) is 0 Å². The Morgan fingerprint density at radius 3 is 2.55 bits per heavy atom. The first-order valence-electron chi connectivity index (χ1n) is 10.5. The molecule has 0 spiro atoms. The van der Waals surface area contributed by atoms with Crippen LogP contribution in [-0.4, -0.2) is 42.9 Å². The summed E-state index contributed by atoms with van der Waals surface area (Å²) in [6.07, 6.45) is 4.52. The molecule has 0 unspecified atom stereocenters. The molecule has 2 aromatic carbocycles. The van der Waals surface area contributed by atoms with Crippen LogP contribution < -0.4 is 9.80 Å². The summed E-state index contributed by atoms with van der Waals surface area (Å²) in [7, 11) is 0. The Hall–Kier alpha value is -2.76. The van der Waals surface area contributed by atoms with Crippen molar-refractivity contribution in [2.75, 3.05) is 32.7 Å². The van der Waals surface area contributed by atoms with Gasteiger partial charge in [0.15, 0.2) is 6.04 Å². The van der Waals surface area contributed by atoms with Crippen LogP contribution in [0.4, 0.5) is 0 Å². The van der Waals surface area contributed by atoms with Crippen molar-refractivity contribution in [3.8, 4) is 11.5 Å². The highest BCUT2D eigenvalue weighted by atomic mass is 16.4. The van der Waals surface area contributed by atoms with Gasteiger partial charge in [0.2, 0.25) is 5.89 Å². The summed E-state index contributed by atoms with van der Waals surface area (Å²) in [5.74, 6) is 1.36. The molecular weight excluding hydrogens is 360 g/mol. The van der Waals surface area contributed by atoms with Gasteiger partial charge in [0.25, 0.3) is 5.89 Å². The molecule has 1 fully saturated rings. The van der Waals surface area contributed by atoms with Gasteiger partial charge in [0.1, 0.15) is 26.2 Å². The van der Waals surface area contributed by atoms with E-state index in [1.54, 1.807) is 4.90 Å². The zero-order chi connectivity index (χ0) is 20.1. The Labute approximate surface area is 172 Å². The lowest BCUT2D eigenvalue weighted by Crippen LogP contribution is -3.28. The summed E-state index contributed by atoms with van der Waals surface area (Å²) in [5.41, 5.74) is 3.46. The second-order valence-electron chi connectivity index (χ2n) is 7.96. The minimum Gasteiger partial charge on any atom is -0.415 e. The predicted octanol–water partition coefficient (Wildman–Crippen LogP) is 1.60. The van der Waals surface area contributed by atoms with Gasteiger partial charge in [0.05, 0.1) is 6.54 Å². The van der Waals surface area contributed by atoms with E-state index in [2.05, 4.69) is 78.7 Å². The van der Waals surface area contributed by atoms with Crippen molar-refractivity contribution in [1.82, 2.24) is 10.2 Å². The summed E-state index contributed by atoms with van der Waals surface area (Å²) in [6, 6.07) is 18.9. The first-order chi connectivity index (χ1) is 14.2. The fourth-order valence-electron chi connectivity index (χ4n) is 3.97. The van der Waals surface area contributed by atoms with E-state index >= 15 is 0 Å². The highest BCUT2D eigenvalue weighted by Gasteiger charge is 2.30. The minimum atomic E-state index is 0.225. The number of quaternary nitrogens is 2. The molecule has 1 aromatic heterocycles. The van der Waals surface area contributed by atoms with Crippen LogP contribution in [0.3, 0.4) is 0 Å². The Morgan fingerprint density at radius 2 is 1.79 bits per heavy atom. The highest BCUT2D eigenvalue weighted by Crippen LogP contribution is 2.20. The number of nitrogens with zero attached hydrogens (tertiary/aromatic N) is 2. The van der Waals surface area contributed by atoms with E-state index in [9.17, 15) is 0 Å². The molecule has 4 rings (SSSR count). The quantitative estimate of drug-likeness (QED) is 0.672. The normalized spacial score (nSPS) is 20.8. The molecule has 29 heavy (non-hydrogen) atoms. The zero-order valence-corrected chi connectivity index (χ0v) is 17.3. The molecule has 5 heteroatoms. The topological polar surface area (TPSA) is 47.8 Å². The van der Waals surface area contributed by atoms with Gasteiger partial charge in [-0.1, -0.05) is 54.1 Å². The maximum atomic E-state index is 6.02. The number of aromatic nitrogens is 2. The molecule has 1 aliphatic heterocycles. The molecular formula is C24H30N4O+2. The van der Waals surface area contributed by atoms with E-state index < -0.39 is 0 Å². The molecule has 0 saturated carbocycles. The SMILES string of the molecule is Cc1cccc(-c2nnc([C@@H](C)[NH+]3CC[NH+](C/C=C/c4ccccc4)CC3)o2)c1. The van der Waals surface area contributed by atoms with Crippen molar-refractivity contribution < 1.29 is 14.2 Å². The van der Waals surface area contributed by atoms with Crippen LogP contribution in [0.1, 0.15) is 30.0 Å². The third-order valence-corrected chi connectivity index (χ3v) is 5.80. The first kappa shape index (κ1) is 19.6. The van der Waals surface area contributed by atoms with Crippen LogP contribution >= 0.6 is 0 Å². The number of aryl methyl sites for hydroxylation is 1. The fourth-order valence-corrected chi connectivity index (χ4v) is 3.97. The molecule has 3 aromatic rings. The van der Waals surface area contributed by atoms with Crippen LogP contribution in [0.5, 0.6) is 0 Å². The van der Waals surface area contributed by atoms with Crippen molar-refractivity contribution in [3.05, 3.63) is 77.7 Å². The van der Waals surface area contributed by atoms with Crippen molar-refractivity contribution in [3.63, 3.8) is 0 Å². The average molecular weight is 391 g/mol. The molecule has 2 heterocycles. The molecule has 150 valence electrons. The molecule has 1 saturated heterocycles. The van der Waals surface area contributed by atoms with Gasteiger partial charge in [-0.05, 0) is 37.6 Å². The Balaban J connectivity index is 1.30. The van der Waals surface area contributed by atoms with Crippen LogP contribution in [0, 0.1) is 6.92 Å². The van der Waals surface area contributed by atoms with Gasteiger partial charge in [-0.15, -0.1) is 10.2 Å². The largest absolute Gasteiger partial charge is 0.415 e. The predicted molar refractivity (Wildman–Crippen MR) is 115 cm³/mol. The Morgan fingerprint density at radius 1 is 1.00 bits per heavy atom. The summed E-state index contributed by atoms with van der Waals surface area (Å²) >= 11 is 0. The lowest BCUT2D eigenvalue weighted by Gasteiger charge is -2.31. The highest BCUT2D eigenvalue weighted by molar-refractivity contribution is 5.53. The molecule has 2 N–H and O–H groups in total. The van der Waals surface area contributed by atoms with Gasteiger partial charge >= 0.3 is 0 Å². The third kappa shape index (κ3) is 5.00. The second-order valence-corrected chi connectivity index (χ2v) is 7.96. The van der Waals surface area contributed by atoms with E-state index in [0.29, 0.717) is 5.89 Å². The lowest BCUT2D eigenvalue weighted by molar-refractivity contribution is -1.02. The minimum absolute atomic E-state index is 0.225. The number of piperazine rings is 1. The maximum absolute atomic E-state index is 6.02. The van der Waals surface area contributed by atoms with Crippen LogP contribution in [0.25, 0.3) is 17.5 Å². The summed E-state index contributed by atoms with van der Waals surface area (Å²) in [6.45, 7) is 9.92. The molecule has 5 nitrogen and oxygen atoms in total. The molecule has 0 radical (unpaired) electrons. The molecule has 0 aliphatic carbocycles. The molecule has 1 aliphatic rings. The van der Waals surface area contributed by atoms with Crippen LogP contribution in [0.15, 0.2) is 65.1 Å². The van der Waals surface area contributed by atoms with E-state index in [0.717, 1.165) is 44.2 Å². The lowest BCUT2D eigenvalue weighted by atomic mass is 10.1. The zero-order valence-electron chi connectivity index (χ0n) is 17.3. The fraction of sp³-hybridized carbons (Fsp3) is 0.333. The molecule has 1 atom stereocenters. The smallest absolute Gasteiger partial charge is 0.274 e. The third-order valence-electron chi connectivity index (χ3n) is 5.80. The number of hydrogen-bond acceptors (Lipinski definition) is 3. The van der Waals surface area contributed by atoms with Gasteiger partial charge in [-0.2, -0.15) is 0 Å². The van der Waals surface area contributed by atoms with Crippen molar-refractivity contribution in [2.45, 2.75) is 19.9 Å². The van der Waals surface area contributed by atoms with Crippen LogP contribution in [0.2, 0.25) is 0 Å². The van der Waals surface area contributed by atoms with Crippen molar-refractivity contribution in [2.24, 2.45) is 0 Å². The Bertz CT molecular complexity index is 942. The second kappa shape index (κ2) is 9.16. The Kier molecular flexibility index (Phi) is 6.17. The van der Waals surface area contributed by atoms with Crippen molar-refractivity contribution >= 4 is 6.08 Å². The van der Waals surface area contributed by atoms with Crippen molar-refractivity contribution in [1.29, 1.82) is 0 Å². The number of benzene rings is 2. The first-order valence-corrected chi connectivity index (χ1v) is 10.5. The van der Waals surface area contributed by atoms with Gasteiger partial charge < -0.3 is 14.2 Å². The standard InChI is InChI=1S/C24H28N4O/c1-19-8-6-12-22(18-19)24-26-25-23(29-24)20(2)28-16-14-27(15-17-28)13-7-11-21-9-4-3-5-10-21/h3-12,18,20H,13-17H2,1-2H3/p+2/b11-7+/t20-/m1/s1. The number of hydrogen-bond donors (Lipinski definition) is 2. The van der Waals surface area contributed by atoms with E-state index in [-0.39, 0.29) is 6.04 Å². The maximum Gasteiger partial charge on any atom is 0.274 e. The molecule has 0 amide bonds. The van der Waals surface area contributed by atoms with Crippen LogP contribution in [-0.2, 0) is 0 Å². The number of rotatable bonds is 6. The summed E-state index contributed by atoms with van der Waals surface area (Å²) in [5, 5.41) is 8.63. The monoisotopic (exact) mass is 390 g/mol. The number of nitrogens with one attached hydrogen (secondary N) is 2. The average Bonchev–Trinajstić information content (AvgIpc) is 3.25. The van der Waals surface area contributed by atoms with Gasteiger partial charge in [0, 0.05) is 5.56 Å².